The van der Waals surface area contributed by atoms with Crippen molar-refractivity contribution in [3.05, 3.63) is 47.8 Å². The average molecular weight is 472 g/mol. The number of amides is 1. The van der Waals surface area contributed by atoms with Gasteiger partial charge in [-0.25, -0.2) is 13.4 Å². The number of aromatic nitrogens is 2. The molecule has 0 spiro atoms. The third kappa shape index (κ3) is 5.17. The van der Waals surface area contributed by atoms with Gasteiger partial charge in [-0.3, -0.25) is 4.79 Å². The van der Waals surface area contributed by atoms with E-state index in [1.54, 1.807) is 6.20 Å². The van der Waals surface area contributed by atoms with Crippen LogP contribution < -0.4 is 0 Å². The molecule has 1 aromatic heterocycles. The second kappa shape index (κ2) is 9.58. The van der Waals surface area contributed by atoms with Gasteiger partial charge in [0.1, 0.15) is 0 Å². The SMILES string of the molecule is O=C(C1CCCC1)N(Cc1cnc(S(=O)(=O)Cc2ccccc2)n1CC1CCCO1)C1CC1. The predicted octanol–water partition coefficient (Wildman–Crippen LogP) is 3.72. The van der Waals surface area contributed by atoms with Gasteiger partial charge in [-0.05, 0) is 44.1 Å². The van der Waals surface area contributed by atoms with Crippen LogP contribution in [0.25, 0.3) is 0 Å². The van der Waals surface area contributed by atoms with Crippen molar-refractivity contribution in [3.63, 3.8) is 0 Å². The van der Waals surface area contributed by atoms with Crippen molar-refractivity contribution in [2.75, 3.05) is 6.61 Å². The van der Waals surface area contributed by atoms with E-state index in [1.807, 2.05) is 39.8 Å². The van der Waals surface area contributed by atoms with Gasteiger partial charge in [0.25, 0.3) is 0 Å². The lowest BCUT2D eigenvalue weighted by molar-refractivity contribution is -0.136. The molecular weight excluding hydrogens is 438 g/mol. The molecule has 7 nitrogen and oxygen atoms in total. The molecule has 0 radical (unpaired) electrons. The molecule has 3 fully saturated rings. The first kappa shape index (κ1) is 22.6. The van der Waals surface area contributed by atoms with E-state index in [1.165, 1.54) is 0 Å². The first-order valence-corrected chi connectivity index (χ1v) is 13.9. The van der Waals surface area contributed by atoms with E-state index in [4.69, 9.17) is 4.74 Å². The monoisotopic (exact) mass is 471 g/mol. The molecule has 178 valence electrons. The Balaban J connectivity index is 1.44. The number of sulfone groups is 1. The highest BCUT2D eigenvalue weighted by Crippen LogP contribution is 2.34. The largest absolute Gasteiger partial charge is 0.376 e. The number of ether oxygens (including phenoxy) is 1. The van der Waals surface area contributed by atoms with Crippen LogP contribution in [-0.2, 0) is 38.2 Å². The van der Waals surface area contributed by atoms with Crippen LogP contribution in [0.4, 0.5) is 0 Å². The van der Waals surface area contributed by atoms with Gasteiger partial charge < -0.3 is 14.2 Å². The molecule has 0 bridgehead atoms. The molecule has 0 N–H and O–H groups in total. The van der Waals surface area contributed by atoms with Crippen molar-refractivity contribution < 1.29 is 17.9 Å². The number of benzene rings is 1. The smallest absolute Gasteiger partial charge is 0.228 e. The van der Waals surface area contributed by atoms with Gasteiger partial charge in [-0.2, -0.15) is 0 Å². The summed E-state index contributed by atoms with van der Waals surface area (Å²) in [7, 11) is -3.65. The summed E-state index contributed by atoms with van der Waals surface area (Å²) in [5.74, 6) is 0.248. The van der Waals surface area contributed by atoms with Gasteiger partial charge in [0.2, 0.25) is 20.9 Å². The normalized spacial score (nSPS) is 21.5. The molecule has 1 amide bonds. The summed E-state index contributed by atoms with van der Waals surface area (Å²) in [6, 6.07) is 9.48. The van der Waals surface area contributed by atoms with Crippen LogP contribution in [0.2, 0.25) is 0 Å². The Morgan fingerprint density at radius 1 is 1.06 bits per heavy atom. The van der Waals surface area contributed by atoms with Gasteiger partial charge in [0.15, 0.2) is 0 Å². The number of nitrogens with zero attached hydrogens (tertiary/aromatic N) is 3. The molecule has 2 heterocycles. The van der Waals surface area contributed by atoms with Crippen LogP contribution in [0, 0.1) is 5.92 Å². The number of carbonyl (C=O) groups excluding carboxylic acids is 1. The maximum absolute atomic E-state index is 13.4. The Morgan fingerprint density at radius 2 is 1.82 bits per heavy atom. The zero-order chi connectivity index (χ0) is 22.8. The van der Waals surface area contributed by atoms with Crippen LogP contribution in [0.5, 0.6) is 0 Å². The quantitative estimate of drug-likeness (QED) is 0.557. The fourth-order valence-electron chi connectivity index (χ4n) is 5.17. The lowest BCUT2D eigenvalue weighted by atomic mass is 10.1. The highest BCUT2D eigenvalue weighted by molar-refractivity contribution is 7.90. The van der Waals surface area contributed by atoms with E-state index in [0.717, 1.165) is 62.6 Å². The molecule has 1 aliphatic heterocycles. The molecule has 33 heavy (non-hydrogen) atoms. The summed E-state index contributed by atoms with van der Waals surface area (Å²) >= 11 is 0. The number of imidazole rings is 1. The van der Waals surface area contributed by atoms with E-state index < -0.39 is 9.84 Å². The number of rotatable bonds is 9. The first-order chi connectivity index (χ1) is 16.0. The van der Waals surface area contributed by atoms with Crippen molar-refractivity contribution in [1.29, 1.82) is 0 Å². The minimum atomic E-state index is -3.65. The standard InChI is InChI=1S/C25H33N3O4S/c29-24(20-9-4-5-10-20)27(21-12-13-21)16-22-15-26-25(28(22)17-23-11-6-14-32-23)33(30,31)18-19-7-2-1-3-8-19/h1-3,7-8,15,20-21,23H,4-6,9-14,16-18H2. The highest BCUT2D eigenvalue weighted by Gasteiger charge is 2.38. The molecule has 8 heteroatoms. The minimum absolute atomic E-state index is 0.0245. The fraction of sp³-hybridized carbons (Fsp3) is 0.600. The highest BCUT2D eigenvalue weighted by atomic mass is 32.2. The Hall–Kier alpha value is -2.19. The summed E-state index contributed by atoms with van der Waals surface area (Å²) in [6.45, 7) is 1.57. The van der Waals surface area contributed by atoms with Crippen LogP contribution >= 0.6 is 0 Å². The van der Waals surface area contributed by atoms with E-state index in [-0.39, 0.29) is 34.9 Å². The van der Waals surface area contributed by atoms with Crippen molar-refractivity contribution in [2.24, 2.45) is 5.92 Å². The lowest BCUT2D eigenvalue weighted by Crippen LogP contribution is -2.37. The summed E-state index contributed by atoms with van der Waals surface area (Å²) in [5.41, 5.74) is 1.53. The Kier molecular flexibility index (Phi) is 6.56. The minimum Gasteiger partial charge on any atom is -0.376 e. The van der Waals surface area contributed by atoms with E-state index in [0.29, 0.717) is 19.7 Å². The van der Waals surface area contributed by atoms with Gasteiger partial charge >= 0.3 is 0 Å². The number of hydrogen-bond donors (Lipinski definition) is 0. The molecule has 5 rings (SSSR count). The van der Waals surface area contributed by atoms with Crippen LogP contribution in [0.1, 0.15) is 62.6 Å². The van der Waals surface area contributed by atoms with Crippen molar-refractivity contribution >= 4 is 15.7 Å². The third-order valence-corrected chi connectivity index (χ3v) is 8.69. The van der Waals surface area contributed by atoms with Gasteiger partial charge in [-0.1, -0.05) is 43.2 Å². The second-order valence-corrected chi connectivity index (χ2v) is 11.6. The zero-order valence-corrected chi connectivity index (χ0v) is 19.9. The second-order valence-electron chi connectivity index (χ2n) is 9.70. The molecule has 1 atom stereocenters. The maximum Gasteiger partial charge on any atom is 0.228 e. The number of hydrogen-bond acceptors (Lipinski definition) is 5. The third-order valence-electron chi connectivity index (χ3n) is 7.10. The summed E-state index contributed by atoms with van der Waals surface area (Å²) < 4.78 is 34.4. The zero-order valence-electron chi connectivity index (χ0n) is 19.1. The predicted molar refractivity (Wildman–Crippen MR) is 124 cm³/mol. The molecule has 2 aromatic rings. The molecule has 2 aliphatic carbocycles. The molecular formula is C25H33N3O4S. The Morgan fingerprint density at radius 3 is 2.48 bits per heavy atom. The van der Waals surface area contributed by atoms with Gasteiger partial charge in [0.05, 0.1) is 36.8 Å². The van der Waals surface area contributed by atoms with Crippen LogP contribution in [0.3, 0.4) is 0 Å². The molecule has 1 unspecified atom stereocenters. The van der Waals surface area contributed by atoms with E-state index >= 15 is 0 Å². The first-order valence-electron chi connectivity index (χ1n) is 12.2. The fourth-order valence-corrected chi connectivity index (χ4v) is 6.67. The Bertz CT molecular complexity index is 1070. The van der Waals surface area contributed by atoms with E-state index in [2.05, 4.69) is 4.98 Å². The van der Waals surface area contributed by atoms with E-state index in [9.17, 15) is 13.2 Å². The summed E-state index contributed by atoms with van der Waals surface area (Å²) in [6.07, 6.45) is 9.74. The maximum atomic E-state index is 13.4. The molecule has 3 aliphatic rings. The lowest BCUT2D eigenvalue weighted by Gasteiger charge is -2.26. The molecule has 1 saturated heterocycles. The average Bonchev–Trinajstić information content (AvgIpc) is 3.20. The molecule has 2 saturated carbocycles. The summed E-state index contributed by atoms with van der Waals surface area (Å²) in [5, 5.41) is 0.0842. The summed E-state index contributed by atoms with van der Waals surface area (Å²) in [4.78, 5) is 19.7. The van der Waals surface area contributed by atoms with Crippen LogP contribution in [-0.4, -0.2) is 47.5 Å². The van der Waals surface area contributed by atoms with Crippen molar-refractivity contribution in [3.8, 4) is 0 Å². The molecule has 1 aromatic carbocycles. The van der Waals surface area contributed by atoms with Crippen molar-refractivity contribution in [2.45, 2.75) is 87.5 Å². The van der Waals surface area contributed by atoms with Gasteiger partial charge in [-0.15, -0.1) is 0 Å². The Labute approximate surface area is 196 Å². The van der Waals surface area contributed by atoms with Crippen molar-refractivity contribution in [1.82, 2.24) is 14.5 Å². The topological polar surface area (TPSA) is 81.5 Å². The van der Waals surface area contributed by atoms with Crippen LogP contribution in [0.15, 0.2) is 41.7 Å². The van der Waals surface area contributed by atoms with Gasteiger partial charge in [0, 0.05) is 18.6 Å². The number of carbonyl (C=O) groups is 1.